The number of hydrogen-bond donors (Lipinski definition) is 3. The quantitative estimate of drug-likeness (QED) is 0.619. The van der Waals surface area contributed by atoms with Gasteiger partial charge in [-0.05, 0) is 55.7 Å². The molecule has 3 aliphatic rings. The van der Waals surface area contributed by atoms with E-state index in [0.29, 0.717) is 37.4 Å². The molecule has 5 rings (SSSR count). The normalized spacial score (nSPS) is 23.9. The van der Waals surface area contributed by atoms with Crippen molar-refractivity contribution in [2.45, 2.75) is 44.2 Å². The SMILES string of the molecule is COc1cccc2[nH]c(C(=O)N3CC4(CC4)CC3C(=O)NC(C#N)CC3CCNC3=O)cc12. The van der Waals surface area contributed by atoms with Crippen molar-refractivity contribution in [3.8, 4) is 11.8 Å². The van der Waals surface area contributed by atoms with E-state index in [1.54, 1.807) is 18.1 Å². The van der Waals surface area contributed by atoms with Crippen LogP contribution < -0.4 is 15.4 Å². The van der Waals surface area contributed by atoms with Crippen molar-refractivity contribution in [2.24, 2.45) is 11.3 Å². The first-order valence-electron chi connectivity index (χ1n) is 11.4. The Morgan fingerprint density at radius 3 is 2.88 bits per heavy atom. The fourth-order valence-corrected chi connectivity index (χ4v) is 5.18. The Labute approximate surface area is 191 Å². The number of methoxy groups -OCH3 is 1. The van der Waals surface area contributed by atoms with E-state index < -0.39 is 12.1 Å². The molecule has 2 aliphatic heterocycles. The molecule has 2 saturated heterocycles. The zero-order chi connectivity index (χ0) is 23.2. The van der Waals surface area contributed by atoms with Gasteiger partial charge >= 0.3 is 0 Å². The van der Waals surface area contributed by atoms with Gasteiger partial charge in [-0.3, -0.25) is 14.4 Å². The maximum absolute atomic E-state index is 13.5. The summed E-state index contributed by atoms with van der Waals surface area (Å²) in [7, 11) is 1.59. The lowest BCUT2D eigenvalue weighted by atomic mass is 9.98. The molecule has 1 spiro atoms. The van der Waals surface area contributed by atoms with Gasteiger partial charge in [-0.25, -0.2) is 0 Å². The highest BCUT2D eigenvalue weighted by molar-refractivity contribution is 6.02. The zero-order valence-corrected chi connectivity index (χ0v) is 18.5. The van der Waals surface area contributed by atoms with Crippen molar-refractivity contribution in [3.63, 3.8) is 0 Å². The molecule has 3 fully saturated rings. The van der Waals surface area contributed by atoms with Gasteiger partial charge in [0.2, 0.25) is 11.8 Å². The fourth-order valence-electron chi connectivity index (χ4n) is 5.18. The first kappa shape index (κ1) is 21.3. The average Bonchev–Trinajstić information content (AvgIpc) is 3.13. The molecule has 2 aromatic rings. The molecular formula is C24H27N5O4. The van der Waals surface area contributed by atoms with Crippen molar-refractivity contribution in [1.29, 1.82) is 5.26 Å². The van der Waals surface area contributed by atoms with Crippen molar-refractivity contribution < 1.29 is 19.1 Å². The molecule has 0 radical (unpaired) electrons. The first-order chi connectivity index (χ1) is 15.9. The second-order valence-electron chi connectivity index (χ2n) is 9.46. The third-order valence-corrected chi connectivity index (χ3v) is 7.26. The molecule has 1 aromatic carbocycles. The van der Waals surface area contributed by atoms with Crippen LogP contribution in [0, 0.1) is 22.7 Å². The summed E-state index contributed by atoms with van der Waals surface area (Å²) >= 11 is 0. The minimum Gasteiger partial charge on any atom is -0.496 e. The van der Waals surface area contributed by atoms with E-state index in [4.69, 9.17) is 4.74 Å². The first-order valence-corrected chi connectivity index (χ1v) is 11.4. The lowest BCUT2D eigenvalue weighted by Gasteiger charge is -2.25. The van der Waals surface area contributed by atoms with E-state index in [-0.39, 0.29) is 35.5 Å². The van der Waals surface area contributed by atoms with Crippen LogP contribution in [-0.2, 0) is 9.59 Å². The van der Waals surface area contributed by atoms with Crippen LogP contribution >= 0.6 is 0 Å². The molecule has 3 atom stereocenters. The zero-order valence-electron chi connectivity index (χ0n) is 18.5. The minimum absolute atomic E-state index is 0.00511. The predicted octanol–water partition coefficient (Wildman–Crippen LogP) is 1.71. The number of carbonyl (C=O) groups is 3. The van der Waals surface area contributed by atoms with Crippen LogP contribution in [0.25, 0.3) is 10.9 Å². The van der Waals surface area contributed by atoms with Gasteiger partial charge in [-0.1, -0.05) is 6.07 Å². The second kappa shape index (κ2) is 8.10. The Bertz CT molecular complexity index is 1160. The molecule has 172 valence electrons. The minimum atomic E-state index is -0.767. The predicted molar refractivity (Wildman–Crippen MR) is 119 cm³/mol. The van der Waals surface area contributed by atoms with E-state index >= 15 is 0 Å². The van der Waals surface area contributed by atoms with Crippen molar-refractivity contribution in [2.75, 3.05) is 20.2 Å². The number of nitrogens with zero attached hydrogens (tertiary/aromatic N) is 2. The van der Waals surface area contributed by atoms with Crippen LogP contribution in [0.2, 0.25) is 0 Å². The molecule has 9 heteroatoms. The Morgan fingerprint density at radius 1 is 1.39 bits per heavy atom. The number of fused-ring (bicyclic) bond motifs is 1. The monoisotopic (exact) mass is 449 g/mol. The maximum atomic E-state index is 13.5. The number of aromatic nitrogens is 1. The number of likely N-dealkylation sites (tertiary alicyclic amines) is 1. The molecule has 3 unspecified atom stereocenters. The molecule has 1 aromatic heterocycles. The number of H-pyrrole nitrogens is 1. The summed E-state index contributed by atoms with van der Waals surface area (Å²) in [6.07, 6.45) is 3.52. The lowest BCUT2D eigenvalue weighted by molar-refractivity contribution is -0.126. The van der Waals surface area contributed by atoms with Crippen molar-refractivity contribution in [3.05, 3.63) is 30.0 Å². The third kappa shape index (κ3) is 3.90. The number of nitrogens with one attached hydrogen (secondary N) is 3. The maximum Gasteiger partial charge on any atom is 0.271 e. The molecule has 0 bridgehead atoms. The van der Waals surface area contributed by atoms with Crippen LogP contribution in [0.4, 0.5) is 0 Å². The summed E-state index contributed by atoms with van der Waals surface area (Å²) in [5, 5.41) is 15.9. The molecule has 1 saturated carbocycles. The van der Waals surface area contributed by atoms with E-state index in [0.717, 1.165) is 23.7 Å². The van der Waals surface area contributed by atoms with Gasteiger partial charge in [0.25, 0.3) is 5.91 Å². The topological polar surface area (TPSA) is 127 Å². The summed E-state index contributed by atoms with van der Waals surface area (Å²) in [4.78, 5) is 43.4. The molecule has 1 aliphatic carbocycles. The van der Waals surface area contributed by atoms with Gasteiger partial charge in [-0.2, -0.15) is 5.26 Å². The Morgan fingerprint density at radius 2 is 2.21 bits per heavy atom. The summed E-state index contributed by atoms with van der Waals surface area (Å²) in [5.74, 6) is -0.239. The van der Waals surface area contributed by atoms with Crippen LogP contribution in [0.5, 0.6) is 5.75 Å². The smallest absolute Gasteiger partial charge is 0.271 e. The molecule has 3 amide bonds. The van der Waals surface area contributed by atoms with E-state index in [2.05, 4.69) is 21.7 Å². The van der Waals surface area contributed by atoms with E-state index in [1.807, 2.05) is 18.2 Å². The molecule has 3 N–H and O–H groups in total. The highest BCUT2D eigenvalue weighted by Crippen LogP contribution is 2.55. The summed E-state index contributed by atoms with van der Waals surface area (Å²) in [6.45, 7) is 1.12. The molecular weight excluding hydrogens is 422 g/mol. The van der Waals surface area contributed by atoms with Crippen LogP contribution in [0.15, 0.2) is 24.3 Å². The highest BCUT2D eigenvalue weighted by atomic mass is 16.5. The summed E-state index contributed by atoms with van der Waals surface area (Å²) in [6, 6.07) is 8.03. The number of hydrogen-bond acceptors (Lipinski definition) is 5. The van der Waals surface area contributed by atoms with E-state index in [1.165, 1.54) is 0 Å². The number of ether oxygens (including phenoxy) is 1. The summed E-state index contributed by atoms with van der Waals surface area (Å²) in [5.41, 5.74) is 1.19. The Balaban J connectivity index is 1.34. The van der Waals surface area contributed by atoms with E-state index in [9.17, 15) is 19.6 Å². The number of rotatable bonds is 6. The average molecular weight is 450 g/mol. The molecule has 3 heterocycles. The Kier molecular flexibility index (Phi) is 5.23. The Hall–Kier alpha value is -3.54. The number of amides is 3. The van der Waals surface area contributed by atoms with Crippen LogP contribution in [-0.4, -0.2) is 59.9 Å². The van der Waals surface area contributed by atoms with Gasteiger partial charge in [0, 0.05) is 29.9 Å². The lowest BCUT2D eigenvalue weighted by Crippen LogP contribution is -2.49. The number of benzene rings is 1. The van der Waals surface area contributed by atoms with Gasteiger partial charge in [0.15, 0.2) is 0 Å². The van der Waals surface area contributed by atoms with Crippen LogP contribution in [0.1, 0.15) is 42.6 Å². The van der Waals surface area contributed by atoms with Gasteiger partial charge in [-0.15, -0.1) is 0 Å². The molecule has 33 heavy (non-hydrogen) atoms. The van der Waals surface area contributed by atoms with Gasteiger partial charge in [0.05, 0.1) is 13.2 Å². The third-order valence-electron chi connectivity index (χ3n) is 7.26. The standard InChI is InChI=1S/C24H27N5O4/c1-33-20-4-2-3-17-16(20)10-18(28-17)23(32)29-13-24(6-7-24)11-19(29)22(31)27-15(12-25)9-14-5-8-26-21(14)30/h2-4,10,14-15,19,28H,5-9,11,13H2,1H3,(H,26,30)(H,27,31). The molecule has 9 nitrogen and oxygen atoms in total. The van der Waals surface area contributed by atoms with Gasteiger partial charge < -0.3 is 25.3 Å². The summed E-state index contributed by atoms with van der Waals surface area (Å²) < 4.78 is 5.40. The fraction of sp³-hybridized carbons (Fsp3) is 0.500. The second-order valence-corrected chi connectivity index (χ2v) is 9.46. The van der Waals surface area contributed by atoms with Crippen molar-refractivity contribution >= 4 is 28.6 Å². The number of nitriles is 1. The largest absolute Gasteiger partial charge is 0.496 e. The van der Waals surface area contributed by atoms with Gasteiger partial charge in [0.1, 0.15) is 23.5 Å². The number of aromatic amines is 1. The van der Waals surface area contributed by atoms with Crippen molar-refractivity contribution in [1.82, 2.24) is 20.5 Å². The van der Waals surface area contributed by atoms with Crippen LogP contribution in [0.3, 0.4) is 0 Å². The number of carbonyl (C=O) groups excluding carboxylic acids is 3. The highest BCUT2D eigenvalue weighted by Gasteiger charge is 2.55.